The third-order valence-corrected chi connectivity index (χ3v) is 2.68. The maximum Gasteiger partial charge on any atom is 0.120 e. The van der Waals surface area contributed by atoms with Crippen LogP contribution in [0.15, 0.2) is 24.3 Å². The van der Waals surface area contributed by atoms with E-state index in [0.717, 1.165) is 12.3 Å². The molecule has 0 heterocycles. The van der Waals surface area contributed by atoms with E-state index in [2.05, 4.69) is 38.2 Å². The highest BCUT2D eigenvalue weighted by atomic mass is 16.5. The van der Waals surface area contributed by atoms with E-state index < -0.39 is 0 Å². The Bertz CT molecular complexity index is 364. The second-order valence-electron chi connectivity index (χ2n) is 5.23. The minimum atomic E-state index is 0.194. The van der Waals surface area contributed by atoms with Crippen LogP contribution >= 0.6 is 0 Å². The lowest BCUT2D eigenvalue weighted by Crippen LogP contribution is -2.26. The van der Waals surface area contributed by atoms with E-state index in [1.165, 1.54) is 5.56 Å². The average Bonchev–Trinajstić information content (AvgIpc) is 2.33. The van der Waals surface area contributed by atoms with Gasteiger partial charge in [-0.2, -0.15) is 0 Å². The van der Waals surface area contributed by atoms with Crippen molar-refractivity contribution in [1.82, 2.24) is 5.32 Å². The zero-order valence-electron chi connectivity index (χ0n) is 12.8. The molecule has 1 unspecified atom stereocenters. The molecule has 0 amide bonds. The normalized spacial score (nSPS) is 13.0. The molecule has 19 heavy (non-hydrogen) atoms. The van der Waals surface area contributed by atoms with Crippen LogP contribution in [0.3, 0.4) is 0 Å². The summed E-state index contributed by atoms with van der Waals surface area (Å²) in [5.41, 5.74) is 1.21. The van der Waals surface area contributed by atoms with Crippen LogP contribution in [-0.4, -0.2) is 25.4 Å². The Kier molecular flexibility index (Phi) is 6.89. The van der Waals surface area contributed by atoms with E-state index in [0.29, 0.717) is 6.61 Å². The van der Waals surface area contributed by atoms with Gasteiger partial charge in [-0.3, -0.25) is 0 Å². The van der Waals surface area contributed by atoms with Crippen molar-refractivity contribution in [2.75, 3.05) is 13.2 Å². The van der Waals surface area contributed by atoms with Crippen LogP contribution in [0.2, 0.25) is 0 Å². The highest BCUT2D eigenvalue weighted by Gasteiger charge is 2.12. The van der Waals surface area contributed by atoms with Gasteiger partial charge in [0.15, 0.2) is 0 Å². The highest BCUT2D eigenvalue weighted by Crippen LogP contribution is 2.21. The third kappa shape index (κ3) is 6.08. The van der Waals surface area contributed by atoms with Crippen LogP contribution in [-0.2, 0) is 4.74 Å². The summed E-state index contributed by atoms with van der Waals surface area (Å²) in [6.07, 6.45) is 0.441. The summed E-state index contributed by atoms with van der Waals surface area (Å²) in [5.74, 6) is 0.917. The lowest BCUT2D eigenvalue weighted by Gasteiger charge is -2.21. The molecular weight excluding hydrogens is 238 g/mol. The van der Waals surface area contributed by atoms with Gasteiger partial charge in [0.05, 0.1) is 24.9 Å². The molecule has 0 aliphatic rings. The van der Waals surface area contributed by atoms with Gasteiger partial charge in [-0.25, -0.2) is 0 Å². The van der Waals surface area contributed by atoms with E-state index in [9.17, 15) is 0 Å². The second-order valence-corrected chi connectivity index (χ2v) is 5.23. The largest absolute Gasteiger partial charge is 0.491 e. The minimum Gasteiger partial charge on any atom is -0.491 e. The molecule has 0 fully saturated rings. The van der Waals surface area contributed by atoms with Crippen LogP contribution in [0.4, 0.5) is 0 Å². The van der Waals surface area contributed by atoms with Crippen LogP contribution in [0, 0.1) is 0 Å². The Balaban J connectivity index is 2.76. The number of likely N-dealkylation sites (N-methyl/N-ethyl adjacent to an activating group) is 1. The molecule has 0 radical (unpaired) electrons. The number of ether oxygens (including phenoxy) is 2. The van der Waals surface area contributed by atoms with Crippen LogP contribution in [0.1, 0.15) is 46.2 Å². The van der Waals surface area contributed by atoms with Crippen LogP contribution in [0.25, 0.3) is 0 Å². The number of benzene rings is 1. The summed E-state index contributed by atoms with van der Waals surface area (Å²) in [6, 6.07) is 8.45. The molecule has 0 bridgehead atoms. The van der Waals surface area contributed by atoms with Crippen molar-refractivity contribution in [2.45, 2.75) is 52.9 Å². The van der Waals surface area contributed by atoms with Crippen molar-refractivity contribution in [3.05, 3.63) is 29.8 Å². The molecule has 1 aromatic carbocycles. The van der Waals surface area contributed by atoms with E-state index in [1.807, 2.05) is 26.0 Å². The number of rotatable bonds is 8. The molecule has 0 saturated carbocycles. The first-order chi connectivity index (χ1) is 9.02. The summed E-state index contributed by atoms with van der Waals surface area (Å²) in [5, 5.41) is 3.45. The van der Waals surface area contributed by atoms with Crippen LogP contribution in [0.5, 0.6) is 5.75 Å². The average molecular weight is 265 g/mol. The van der Waals surface area contributed by atoms with Gasteiger partial charge < -0.3 is 14.8 Å². The van der Waals surface area contributed by atoms with Gasteiger partial charge in [0.2, 0.25) is 0 Å². The quantitative estimate of drug-likeness (QED) is 0.779. The lowest BCUT2D eigenvalue weighted by atomic mass is 10.1. The molecule has 1 aromatic rings. The zero-order valence-corrected chi connectivity index (χ0v) is 12.8. The molecule has 1 N–H and O–H groups in total. The Morgan fingerprint density at radius 3 is 2.42 bits per heavy atom. The van der Waals surface area contributed by atoms with Gasteiger partial charge in [-0.05, 0) is 51.9 Å². The topological polar surface area (TPSA) is 30.5 Å². The number of hydrogen-bond acceptors (Lipinski definition) is 3. The first kappa shape index (κ1) is 16.0. The molecule has 1 atom stereocenters. The molecule has 0 aromatic heterocycles. The Hall–Kier alpha value is -1.06. The van der Waals surface area contributed by atoms with Crippen molar-refractivity contribution < 1.29 is 9.47 Å². The molecule has 1 rings (SSSR count). The molecule has 0 saturated heterocycles. The monoisotopic (exact) mass is 265 g/mol. The SMILES string of the molecule is CCNC(COC(C)C)c1cccc(OC(C)C)c1. The standard InChI is InChI=1S/C16H27NO2/c1-6-17-16(11-18-12(2)3)14-8-7-9-15(10-14)19-13(4)5/h7-10,12-13,16-17H,6,11H2,1-5H3. The summed E-state index contributed by atoms with van der Waals surface area (Å²) < 4.78 is 11.5. The van der Waals surface area contributed by atoms with Crippen molar-refractivity contribution in [1.29, 1.82) is 0 Å². The van der Waals surface area contributed by atoms with Crippen LogP contribution < -0.4 is 10.1 Å². The zero-order chi connectivity index (χ0) is 14.3. The Labute approximate surface area is 117 Å². The third-order valence-electron chi connectivity index (χ3n) is 2.68. The van der Waals surface area contributed by atoms with Crippen molar-refractivity contribution in [3.8, 4) is 5.75 Å². The molecule has 3 nitrogen and oxygen atoms in total. The summed E-state index contributed by atoms with van der Waals surface area (Å²) >= 11 is 0. The van der Waals surface area contributed by atoms with E-state index in [1.54, 1.807) is 0 Å². The smallest absolute Gasteiger partial charge is 0.120 e. The molecule has 0 spiro atoms. The van der Waals surface area contributed by atoms with Crippen molar-refractivity contribution in [3.63, 3.8) is 0 Å². The first-order valence-corrected chi connectivity index (χ1v) is 7.14. The lowest BCUT2D eigenvalue weighted by molar-refractivity contribution is 0.0614. The minimum absolute atomic E-state index is 0.194. The number of nitrogens with one attached hydrogen (secondary N) is 1. The van der Waals surface area contributed by atoms with Gasteiger partial charge in [-0.1, -0.05) is 19.1 Å². The molecule has 3 heteroatoms. The molecular formula is C16H27NO2. The van der Waals surface area contributed by atoms with Gasteiger partial charge in [0.1, 0.15) is 5.75 Å². The Morgan fingerprint density at radius 1 is 1.11 bits per heavy atom. The maximum absolute atomic E-state index is 5.74. The van der Waals surface area contributed by atoms with Gasteiger partial charge in [-0.15, -0.1) is 0 Å². The molecule has 0 aliphatic heterocycles. The highest BCUT2D eigenvalue weighted by molar-refractivity contribution is 5.30. The van der Waals surface area contributed by atoms with E-state index >= 15 is 0 Å². The van der Waals surface area contributed by atoms with Gasteiger partial charge in [0, 0.05) is 0 Å². The first-order valence-electron chi connectivity index (χ1n) is 7.14. The molecule has 108 valence electrons. The second kappa shape index (κ2) is 8.18. The van der Waals surface area contributed by atoms with Gasteiger partial charge in [0.25, 0.3) is 0 Å². The summed E-state index contributed by atoms with van der Waals surface area (Å²) in [7, 11) is 0. The fourth-order valence-electron chi connectivity index (χ4n) is 1.88. The number of hydrogen-bond donors (Lipinski definition) is 1. The predicted molar refractivity (Wildman–Crippen MR) is 79.7 cm³/mol. The summed E-state index contributed by atoms with van der Waals surface area (Å²) in [4.78, 5) is 0. The van der Waals surface area contributed by atoms with Gasteiger partial charge >= 0.3 is 0 Å². The summed E-state index contributed by atoms with van der Waals surface area (Å²) in [6.45, 7) is 11.9. The van der Waals surface area contributed by atoms with E-state index in [4.69, 9.17) is 9.47 Å². The predicted octanol–water partition coefficient (Wildman–Crippen LogP) is 3.55. The fourth-order valence-corrected chi connectivity index (χ4v) is 1.88. The van der Waals surface area contributed by atoms with Crippen molar-refractivity contribution >= 4 is 0 Å². The Morgan fingerprint density at radius 2 is 1.84 bits per heavy atom. The van der Waals surface area contributed by atoms with Crippen molar-refractivity contribution in [2.24, 2.45) is 0 Å². The maximum atomic E-state index is 5.74. The fraction of sp³-hybridized carbons (Fsp3) is 0.625. The van der Waals surface area contributed by atoms with E-state index in [-0.39, 0.29) is 18.2 Å². The molecule has 0 aliphatic carbocycles.